The van der Waals surface area contributed by atoms with Crippen LogP contribution in [0.4, 0.5) is 16.2 Å². The quantitative estimate of drug-likeness (QED) is 0.427. The van der Waals surface area contributed by atoms with Crippen molar-refractivity contribution >= 4 is 23.3 Å². The van der Waals surface area contributed by atoms with E-state index in [9.17, 15) is 9.59 Å². The van der Waals surface area contributed by atoms with Crippen molar-refractivity contribution in [2.45, 2.75) is 32.6 Å². The fraction of sp³-hybridized carbons (Fsp3) is 0.517. The highest BCUT2D eigenvalue weighted by Crippen LogP contribution is 2.30. The zero-order valence-electron chi connectivity index (χ0n) is 22.0. The summed E-state index contributed by atoms with van der Waals surface area (Å²) in [6.45, 7) is 9.27. The molecule has 8 heteroatoms. The third kappa shape index (κ3) is 8.20. The van der Waals surface area contributed by atoms with Gasteiger partial charge in [0.15, 0.2) is 0 Å². The summed E-state index contributed by atoms with van der Waals surface area (Å²) in [5, 5.41) is 8.70. The van der Waals surface area contributed by atoms with Crippen LogP contribution in [0.15, 0.2) is 48.5 Å². The average Bonchev–Trinajstić information content (AvgIpc) is 2.93. The molecule has 8 nitrogen and oxygen atoms in total. The maximum absolute atomic E-state index is 13.3. The maximum Gasteiger partial charge on any atom is 0.319 e. The van der Waals surface area contributed by atoms with Gasteiger partial charge in [-0.25, -0.2) is 4.79 Å². The second-order valence-electron chi connectivity index (χ2n) is 9.90. The first kappa shape index (κ1) is 26.9. The summed E-state index contributed by atoms with van der Waals surface area (Å²) >= 11 is 0. The first-order valence-corrected chi connectivity index (χ1v) is 13.7. The monoisotopic (exact) mass is 507 g/mol. The number of piperidine rings is 1. The molecule has 3 N–H and O–H groups in total. The molecule has 200 valence electrons. The molecule has 2 saturated heterocycles. The molecule has 4 rings (SSSR count). The third-order valence-corrected chi connectivity index (χ3v) is 7.20. The van der Waals surface area contributed by atoms with Crippen molar-refractivity contribution in [3.63, 3.8) is 0 Å². The first-order chi connectivity index (χ1) is 18.1. The Kier molecular flexibility index (Phi) is 10.2. The molecule has 37 heavy (non-hydrogen) atoms. The molecule has 3 amide bonds. The Bertz CT molecular complexity index is 1000. The van der Waals surface area contributed by atoms with Crippen LogP contribution < -0.4 is 20.9 Å². The number of carbonyl (C=O) groups is 2. The van der Waals surface area contributed by atoms with E-state index in [0.717, 1.165) is 77.3 Å². The normalized spacial score (nSPS) is 16.8. The Morgan fingerprint density at radius 3 is 2.46 bits per heavy atom. The molecule has 0 unspecified atom stereocenters. The van der Waals surface area contributed by atoms with Crippen LogP contribution in [0.25, 0.3) is 0 Å². The van der Waals surface area contributed by atoms with E-state index in [4.69, 9.17) is 4.74 Å². The van der Waals surface area contributed by atoms with Crippen molar-refractivity contribution in [2.75, 3.05) is 69.2 Å². The second kappa shape index (κ2) is 14.0. The van der Waals surface area contributed by atoms with E-state index in [1.54, 1.807) is 6.07 Å². The highest BCUT2D eigenvalue weighted by molar-refractivity contribution is 6.02. The predicted octanol–water partition coefficient (Wildman–Crippen LogP) is 3.74. The highest BCUT2D eigenvalue weighted by Gasteiger charge is 2.24. The van der Waals surface area contributed by atoms with E-state index in [1.807, 2.05) is 19.1 Å². The Balaban J connectivity index is 1.38. The van der Waals surface area contributed by atoms with Crippen LogP contribution in [-0.2, 0) is 11.2 Å². The predicted molar refractivity (Wildman–Crippen MR) is 148 cm³/mol. The van der Waals surface area contributed by atoms with Gasteiger partial charge in [0, 0.05) is 50.6 Å². The Morgan fingerprint density at radius 1 is 0.973 bits per heavy atom. The topological polar surface area (TPSA) is 85.9 Å². The zero-order valence-corrected chi connectivity index (χ0v) is 22.0. The summed E-state index contributed by atoms with van der Waals surface area (Å²) < 4.78 is 5.41. The Labute approximate surface area is 220 Å². The first-order valence-electron chi connectivity index (χ1n) is 13.7. The average molecular weight is 508 g/mol. The summed E-state index contributed by atoms with van der Waals surface area (Å²) in [6, 6.07) is 16.1. The number of carbonyl (C=O) groups excluding carboxylic acids is 2. The largest absolute Gasteiger partial charge is 0.379 e. The van der Waals surface area contributed by atoms with E-state index >= 15 is 0 Å². The standard InChI is InChI=1S/C29H41N5O3/c1-2-30-29(36)32-25-9-10-27(34-15-11-24(12-16-34)21-23-7-4-3-5-8-23)26(22-25)28(35)31-13-6-14-33-17-19-37-20-18-33/h3-5,7-10,22,24H,2,6,11-21H2,1H3,(H,31,35)(H2,30,32,36). The second-order valence-corrected chi connectivity index (χ2v) is 9.90. The molecule has 0 bridgehead atoms. The van der Waals surface area contributed by atoms with Gasteiger partial charge in [0.25, 0.3) is 5.91 Å². The van der Waals surface area contributed by atoms with E-state index < -0.39 is 0 Å². The number of ether oxygens (including phenoxy) is 1. The van der Waals surface area contributed by atoms with Gasteiger partial charge in [0.1, 0.15) is 0 Å². The molecular weight excluding hydrogens is 466 g/mol. The molecule has 2 aliphatic heterocycles. The summed E-state index contributed by atoms with van der Waals surface area (Å²) in [5.41, 5.74) is 3.55. The van der Waals surface area contributed by atoms with Gasteiger partial charge in [-0.05, 0) is 68.8 Å². The number of nitrogens with zero attached hydrogens (tertiary/aromatic N) is 2. The van der Waals surface area contributed by atoms with Crippen LogP contribution in [0.5, 0.6) is 0 Å². The van der Waals surface area contributed by atoms with E-state index in [1.165, 1.54) is 5.56 Å². The van der Waals surface area contributed by atoms with E-state index in [0.29, 0.717) is 30.3 Å². The molecule has 2 fully saturated rings. The van der Waals surface area contributed by atoms with Crippen LogP contribution in [0, 0.1) is 5.92 Å². The van der Waals surface area contributed by atoms with Gasteiger partial charge in [0.2, 0.25) is 0 Å². The minimum Gasteiger partial charge on any atom is -0.379 e. The number of hydrogen-bond donors (Lipinski definition) is 3. The lowest BCUT2D eigenvalue weighted by atomic mass is 9.89. The van der Waals surface area contributed by atoms with Crippen LogP contribution >= 0.6 is 0 Å². The van der Waals surface area contributed by atoms with Gasteiger partial charge in [0.05, 0.1) is 18.8 Å². The lowest BCUT2D eigenvalue weighted by Crippen LogP contribution is -2.38. The molecule has 0 saturated carbocycles. The summed E-state index contributed by atoms with van der Waals surface area (Å²) in [7, 11) is 0. The van der Waals surface area contributed by atoms with Crippen LogP contribution in [0.1, 0.15) is 42.1 Å². The number of anilines is 2. The number of benzene rings is 2. The van der Waals surface area contributed by atoms with Crippen molar-refractivity contribution in [2.24, 2.45) is 5.92 Å². The maximum atomic E-state index is 13.3. The molecule has 2 aromatic rings. The van der Waals surface area contributed by atoms with Crippen LogP contribution in [-0.4, -0.2) is 75.9 Å². The Hall–Kier alpha value is -3.10. The summed E-state index contributed by atoms with van der Waals surface area (Å²) in [6.07, 6.45) is 4.17. The lowest BCUT2D eigenvalue weighted by molar-refractivity contribution is 0.0374. The number of amides is 3. The number of rotatable bonds is 10. The smallest absolute Gasteiger partial charge is 0.319 e. The minimum absolute atomic E-state index is 0.0945. The fourth-order valence-electron chi connectivity index (χ4n) is 5.16. The molecule has 2 aliphatic rings. The highest BCUT2D eigenvalue weighted by atomic mass is 16.5. The van der Waals surface area contributed by atoms with Gasteiger partial charge >= 0.3 is 6.03 Å². The fourth-order valence-corrected chi connectivity index (χ4v) is 5.16. The lowest BCUT2D eigenvalue weighted by Gasteiger charge is -2.35. The minimum atomic E-state index is -0.270. The van der Waals surface area contributed by atoms with E-state index in [2.05, 4.69) is 56.1 Å². The molecule has 0 spiro atoms. The SMILES string of the molecule is CCNC(=O)Nc1ccc(N2CCC(Cc3ccccc3)CC2)c(C(=O)NCCCN2CCOCC2)c1. The molecule has 2 aromatic carbocycles. The van der Waals surface area contributed by atoms with Gasteiger partial charge < -0.3 is 25.6 Å². The van der Waals surface area contributed by atoms with Crippen LogP contribution in [0.3, 0.4) is 0 Å². The molecular formula is C29H41N5O3. The summed E-state index contributed by atoms with van der Waals surface area (Å²) in [5.74, 6) is 0.553. The molecule has 0 atom stereocenters. The van der Waals surface area contributed by atoms with Crippen molar-refractivity contribution in [3.05, 3.63) is 59.7 Å². The number of morpholine rings is 1. The number of urea groups is 1. The van der Waals surface area contributed by atoms with Crippen molar-refractivity contribution in [3.8, 4) is 0 Å². The van der Waals surface area contributed by atoms with Gasteiger partial charge in [-0.1, -0.05) is 30.3 Å². The van der Waals surface area contributed by atoms with E-state index in [-0.39, 0.29) is 11.9 Å². The molecule has 0 aliphatic carbocycles. The van der Waals surface area contributed by atoms with Gasteiger partial charge in [-0.2, -0.15) is 0 Å². The van der Waals surface area contributed by atoms with Gasteiger partial charge in [-0.3, -0.25) is 9.69 Å². The molecule has 0 aromatic heterocycles. The summed E-state index contributed by atoms with van der Waals surface area (Å²) in [4.78, 5) is 30.1. The number of hydrogen-bond acceptors (Lipinski definition) is 5. The van der Waals surface area contributed by atoms with Crippen LogP contribution in [0.2, 0.25) is 0 Å². The third-order valence-electron chi connectivity index (χ3n) is 7.20. The molecule has 0 radical (unpaired) electrons. The van der Waals surface area contributed by atoms with Crippen molar-refractivity contribution in [1.82, 2.24) is 15.5 Å². The van der Waals surface area contributed by atoms with Crippen molar-refractivity contribution < 1.29 is 14.3 Å². The zero-order chi connectivity index (χ0) is 25.9. The number of nitrogens with one attached hydrogen (secondary N) is 3. The van der Waals surface area contributed by atoms with Crippen molar-refractivity contribution in [1.29, 1.82) is 0 Å². The Morgan fingerprint density at radius 2 is 1.73 bits per heavy atom. The van der Waals surface area contributed by atoms with Gasteiger partial charge in [-0.15, -0.1) is 0 Å². The molecule has 2 heterocycles.